The van der Waals surface area contributed by atoms with Gasteiger partial charge >= 0.3 is 0 Å². The molecule has 0 fully saturated rings. The van der Waals surface area contributed by atoms with Gasteiger partial charge in [-0.2, -0.15) is 0 Å². The summed E-state index contributed by atoms with van der Waals surface area (Å²) < 4.78 is 0. The molecular formula is C13H20ClNS. The van der Waals surface area contributed by atoms with Crippen molar-refractivity contribution in [3.63, 3.8) is 0 Å². The van der Waals surface area contributed by atoms with Gasteiger partial charge in [-0.25, -0.2) is 0 Å². The number of halogens is 1. The molecule has 0 radical (unpaired) electrons. The van der Waals surface area contributed by atoms with Crippen LogP contribution in [0.5, 0.6) is 0 Å². The Morgan fingerprint density at radius 1 is 1.38 bits per heavy atom. The molecule has 3 heteroatoms. The van der Waals surface area contributed by atoms with Crippen molar-refractivity contribution in [2.75, 3.05) is 5.75 Å². The van der Waals surface area contributed by atoms with Crippen LogP contribution in [0.3, 0.4) is 0 Å². The van der Waals surface area contributed by atoms with Crippen LogP contribution in [0, 0.1) is 5.92 Å². The summed E-state index contributed by atoms with van der Waals surface area (Å²) in [4.78, 5) is 1.13. The summed E-state index contributed by atoms with van der Waals surface area (Å²) in [6.07, 6.45) is 2.29. The Kier molecular flexibility index (Phi) is 6.25. The number of nitrogens with two attached hydrogens (primary N) is 1. The Morgan fingerprint density at radius 3 is 2.69 bits per heavy atom. The lowest BCUT2D eigenvalue weighted by atomic mass is 10.0. The van der Waals surface area contributed by atoms with Gasteiger partial charge in [-0.3, -0.25) is 0 Å². The molecule has 0 aliphatic carbocycles. The topological polar surface area (TPSA) is 26.0 Å². The van der Waals surface area contributed by atoms with Crippen LogP contribution in [0.1, 0.15) is 26.7 Å². The zero-order chi connectivity index (χ0) is 12.0. The maximum absolute atomic E-state index is 6.08. The SMILES string of the molecule is CCC(C)CC(N)CSc1ccccc1Cl. The zero-order valence-electron chi connectivity index (χ0n) is 9.95. The van der Waals surface area contributed by atoms with Gasteiger partial charge in [0.15, 0.2) is 0 Å². The van der Waals surface area contributed by atoms with Crippen LogP contribution in [0.25, 0.3) is 0 Å². The van der Waals surface area contributed by atoms with Crippen molar-refractivity contribution >= 4 is 23.4 Å². The molecule has 90 valence electrons. The van der Waals surface area contributed by atoms with Crippen LogP contribution in [0.15, 0.2) is 29.2 Å². The molecule has 1 rings (SSSR count). The minimum atomic E-state index is 0.260. The number of rotatable bonds is 6. The fourth-order valence-corrected chi connectivity index (χ4v) is 2.72. The third kappa shape index (κ3) is 4.77. The average molecular weight is 258 g/mol. The lowest BCUT2D eigenvalue weighted by molar-refractivity contribution is 0.472. The van der Waals surface area contributed by atoms with Gasteiger partial charge in [0.1, 0.15) is 0 Å². The summed E-state index contributed by atoms with van der Waals surface area (Å²) in [7, 11) is 0. The van der Waals surface area contributed by atoms with Crippen molar-refractivity contribution in [1.29, 1.82) is 0 Å². The minimum absolute atomic E-state index is 0.260. The normalized spacial score (nSPS) is 14.8. The summed E-state index contributed by atoms with van der Waals surface area (Å²) in [5, 5.41) is 0.822. The van der Waals surface area contributed by atoms with E-state index in [1.807, 2.05) is 24.3 Å². The lowest BCUT2D eigenvalue weighted by Crippen LogP contribution is -2.25. The highest BCUT2D eigenvalue weighted by Crippen LogP contribution is 2.27. The van der Waals surface area contributed by atoms with E-state index in [0.29, 0.717) is 5.92 Å². The molecule has 1 aromatic carbocycles. The summed E-state index contributed by atoms with van der Waals surface area (Å²) in [5.41, 5.74) is 6.08. The highest BCUT2D eigenvalue weighted by molar-refractivity contribution is 7.99. The van der Waals surface area contributed by atoms with Crippen molar-refractivity contribution in [2.24, 2.45) is 11.7 Å². The van der Waals surface area contributed by atoms with E-state index in [4.69, 9.17) is 17.3 Å². The van der Waals surface area contributed by atoms with Crippen LogP contribution < -0.4 is 5.73 Å². The van der Waals surface area contributed by atoms with Crippen LogP contribution in [-0.4, -0.2) is 11.8 Å². The van der Waals surface area contributed by atoms with Gasteiger partial charge in [0.2, 0.25) is 0 Å². The first-order valence-corrected chi connectivity index (χ1v) is 7.12. The van der Waals surface area contributed by atoms with Crippen LogP contribution >= 0.6 is 23.4 Å². The number of thioether (sulfide) groups is 1. The Balaban J connectivity index is 2.37. The predicted octanol–water partition coefficient (Wildman–Crippen LogP) is 4.20. The number of benzene rings is 1. The fraction of sp³-hybridized carbons (Fsp3) is 0.538. The first kappa shape index (κ1) is 13.9. The molecule has 0 amide bonds. The van der Waals surface area contributed by atoms with E-state index in [9.17, 15) is 0 Å². The maximum atomic E-state index is 6.08. The van der Waals surface area contributed by atoms with E-state index < -0.39 is 0 Å². The monoisotopic (exact) mass is 257 g/mol. The van der Waals surface area contributed by atoms with Crippen molar-refractivity contribution in [3.8, 4) is 0 Å². The first-order chi connectivity index (χ1) is 7.63. The summed E-state index contributed by atoms with van der Waals surface area (Å²) >= 11 is 7.83. The van der Waals surface area contributed by atoms with E-state index >= 15 is 0 Å². The van der Waals surface area contributed by atoms with E-state index in [0.717, 1.165) is 22.1 Å². The third-order valence-electron chi connectivity index (χ3n) is 2.69. The molecule has 0 aliphatic heterocycles. The van der Waals surface area contributed by atoms with Crippen molar-refractivity contribution < 1.29 is 0 Å². The van der Waals surface area contributed by atoms with Gasteiger partial charge in [0.25, 0.3) is 0 Å². The first-order valence-electron chi connectivity index (χ1n) is 5.76. The molecule has 0 bridgehead atoms. The van der Waals surface area contributed by atoms with Crippen molar-refractivity contribution in [3.05, 3.63) is 29.3 Å². The smallest absolute Gasteiger partial charge is 0.0541 e. The molecule has 0 saturated heterocycles. The summed E-state index contributed by atoms with van der Waals surface area (Å²) in [6, 6.07) is 8.18. The molecule has 0 heterocycles. The molecule has 16 heavy (non-hydrogen) atoms. The summed E-state index contributed by atoms with van der Waals surface area (Å²) in [6.45, 7) is 4.46. The molecule has 0 aromatic heterocycles. The average Bonchev–Trinajstić information content (AvgIpc) is 2.28. The zero-order valence-corrected chi connectivity index (χ0v) is 11.5. The molecule has 1 nitrogen and oxygen atoms in total. The van der Waals surface area contributed by atoms with Crippen molar-refractivity contribution in [1.82, 2.24) is 0 Å². The second kappa shape index (κ2) is 7.21. The molecule has 0 spiro atoms. The molecule has 2 atom stereocenters. The molecule has 0 aliphatic rings. The standard InChI is InChI=1S/C13H20ClNS/c1-3-10(2)8-11(15)9-16-13-7-5-4-6-12(13)14/h4-7,10-11H,3,8-9,15H2,1-2H3. The van der Waals surface area contributed by atoms with E-state index in [1.54, 1.807) is 11.8 Å². The van der Waals surface area contributed by atoms with Gasteiger partial charge in [-0.05, 0) is 24.5 Å². The molecule has 2 unspecified atom stereocenters. The molecular weight excluding hydrogens is 238 g/mol. The second-order valence-electron chi connectivity index (χ2n) is 4.25. The molecule has 1 aromatic rings. The van der Waals surface area contributed by atoms with Gasteiger partial charge in [-0.15, -0.1) is 11.8 Å². The largest absolute Gasteiger partial charge is 0.327 e. The minimum Gasteiger partial charge on any atom is -0.327 e. The Labute approximate surface area is 108 Å². The second-order valence-corrected chi connectivity index (χ2v) is 5.72. The van der Waals surface area contributed by atoms with Crippen LogP contribution in [0.4, 0.5) is 0 Å². The molecule has 0 saturated carbocycles. The van der Waals surface area contributed by atoms with E-state index in [2.05, 4.69) is 13.8 Å². The predicted molar refractivity (Wildman–Crippen MR) is 74.2 cm³/mol. The van der Waals surface area contributed by atoms with Gasteiger partial charge in [-0.1, -0.05) is 44.0 Å². The van der Waals surface area contributed by atoms with Crippen LogP contribution in [0.2, 0.25) is 5.02 Å². The number of hydrogen-bond donors (Lipinski definition) is 1. The van der Waals surface area contributed by atoms with E-state index in [-0.39, 0.29) is 6.04 Å². The highest BCUT2D eigenvalue weighted by atomic mass is 35.5. The fourth-order valence-electron chi connectivity index (χ4n) is 1.51. The van der Waals surface area contributed by atoms with Gasteiger partial charge < -0.3 is 5.73 Å². The van der Waals surface area contributed by atoms with Gasteiger partial charge in [0.05, 0.1) is 5.02 Å². The van der Waals surface area contributed by atoms with Crippen molar-refractivity contribution in [2.45, 2.75) is 37.6 Å². The Hall–Kier alpha value is -0.180. The lowest BCUT2D eigenvalue weighted by Gasteiger charge is -2.15. The quantitative estimate of drug-likeness (QED) is 0.773. The summed E-state index contributed by atoms with van der Waals surface area (Å²) in [5.74, 6) is 1.65. The maximum Gasteiger partial charge on any atom is 0.0541 e. The van der Waals surface area contributed by atoms with E-state index in [1.165, 1.54) is 6.42 Å². The van der Waals surface area contributed by atoms with Gasteiger partial charge in [0, 0.05) is 16.7 Å². The Bertz CT molecular complexity index is 317. The third-order valence-corrected chi connectivity index (χ3v) is 4.40. The highest BCUT2D eigenvalue weighted by Gasteiger charge is 2.09. The Morgan fingerprint density at radius 2 is 2.06 bits per heavy atom. The number of hydrogen-bond acceptors (Lipinski definition) is 2. The molecule has 2 N–H and O–H groups in total. The van der Waals surface area contributed by atoms with Crippen LogP contribution in [-0.2, 0) is 0 Å².